The van der Waals surface area contributed by atoms with Crippen molar-refractivity contribution >= 4 is 11.3 Å². The minimum absolute atomic E-state index is 0.626. The Balaban J connectivity index is 2.38. The topological polar surface area (TPSA) is 47.9 Å². The van der Waals surface area contributed by atoms with Gasteiger partial charge in [-0.25, -0.2) is 0 Å². The van der Waals surface area contributed by atoms with Crippen molar-refractivity contribution in [2.75, 3.05) is 21.3 Å². The summed E-state index contributed by atoms with van der Waals surface area (Å²) in [6.07, 6.45) is -0.765. The van der Waals surface area contributed by atoms with E-state index >= 15 is 0 Å². The van der Waals surface area contributed by atoms with E-state index < -0.39 is 6.10 Å². The molecule has 2 rings (SSSR count). The van der Waals surface area contributed by atoms with Gasteiger partial charge in [0, 0.05) is 15.8 Å². The van der Waals surface area contributed by atoms with E-state index in [4.69, 9.17) is 14.2 Å². The first-order valence-corrected chi connectivity index (χ1v) is 6.60. The summed E-state index contributed by atoms with van der Waals surface area (Å²) in [4.78, 5) is 0.795. The second-order valence-electron chi connectivity index (χ2n) is 3.90. The first kappa shape index (κ1) is 13.7. The molecule has 1 heterocycles. The molecule has 2 aromatic rings. The molecule has 0 saturated heterocycles. The SMILES string of the molecule is COc1csc(C(O)c2cc(OC)ccc2OC)c1. The third-order valence-electron chi connectivity index (χ3n) is 2.83. The van der Waals surface area contributed by atoms with Crippen LogP contribution in [0.15, 0.2) is 29.6 Å². The number of hydrogen-bond donors (Lipinski definition) is 1. The molecular weight excluding hydrogens is 264 g/mol. The molecule has 0 radical (unpaired) electrons. The molecule has 0 aliphatic rings. The Morgan fingerprint density at radius 1 is 1.00 bits per heavy atom. The molecule has 1 aromatic heterocycles. The quantitative estimate of drug-likeness (QED) is 0.915. The third kappa shape index (κ3) is 2.83. The van der Waals surface area contributed by atoms with Gasteiger partial charge >= 0.3 is 0 Å². The Morgan fingerprint density at radius 3 is 2.32 bits per heavy atom. The van der Waals surface area contributed by atoms with Gasteiger partial charge in [0.25, 0.3) is 0 Å². The van der Waals surface area contributed by atoms with E-state index in [0.29, 0.717) is 17.1 Å². The number of benzene rings is 1. The number of methoxy groups -OCH3 is 3. The summed E-state index contributed by atoms with van der Waals surface area (Å²) in [5.41, 5.74) is 0.673. The lowest BCUT2D eigenvalue weighted by molar-refractivity contribution is 0.217. The molecule has 4 nitrogen and oxygen atoms in total. The Morgan fingerprint density at radius 2 is 1.74 bits per heavy atom. The smallest absolute Gasteiger partial charge is 0.129 e. The molecule has 1 N–H and O–H groups in total. The summed E-state index contributed by atoms with van der Waals surface area (Å²) >= 11 is 1.44. The Bertz CT molecular complexity index is 550. The predicted octanol–water partition coefficient (Wildman–Crippen LogP) is 2.86. The highest BCUT2D eigenvalue weighted by molar-refractivity contribution is 7.10. The van der Waals surface area contributed by atoms with Crippen molar-refractivity contribution in [3.8, 4) is 17.2 Å². The lowest BCUT2D eigenvalue weighted by atomic mass is 10.1. The summed E-state index contributed by atoms with van der Waals surface area (Å²) in [6.45, 7) is 0. The fraction of sp³-hybridized carbons (Fsp3) is 0.286. The average Bonchev–Trinajstić information content (AvgIpc) is 2.94. The minimum Gasteiger partial charge on any atom is -0.497 e. The molecule has 0 spiro atoms. The molecule has 1 atom stereocenters. The summed E-state index contributed by atoms with van der Waals surface area (Å²) in [6, 6.07) is 7.16. The van der Waals surface area contributed by atoms with Gasteiger partial charge in [0.2, 0.25) is 0 Å². The van der Waals surface area contributed by atoms with Crippen molar-refractivity contribution in [1.82, 2.24) is 0 Å². The minimum atomic E-state index is -0.765. The number of ether oxygens (including phenoxy) is 3. The van der Waals surface area contributed by atoms with Gasteiger partial charge < -0.3 is 19.3 Å². The average molecular weight is 280 g/mol. The van der Waals surface area contributed by atoms with Crippen LogP contribution in [-0.4, -0.2) is 26.4 Å². The monoisotopic (exact) mass is 280 g/mol. The van der Waals surface area contributed by atoms with Gasteiger partial charge in [0.05, 0.1) is 21.3 Å². The normalized spacial score (nSPS) is 12.0. The Hall–Kier alpha value is -1.72. The zero-order valence-electron chi connectivity index (χ0n) is 11.0. The highest BCUT2D eigenvalue weighted by Gasteiger charge is 2.18. The Kier molecular flexibility index (Phi) is 4.29. The van der Waals surface area contributed by atoms with Gasteiger partial charge in [-0.3, -0.25) is 0 Å². The van der Waals surface area contributed by atoms with Crippen LogP contribution in [0.2, 0.25) is 0 Å². The first-order valence-electron chi connectivity index (χ1n) is 5.72. The molecule has 0 aliphatic heterocycles. The van der Waals surface area contributed by atoms with E-state index in [-0.39, 0.29) is 0 Å². The van der Waals surface area contributed by atoms with E-state index in [1.807, 2.05) is 11.4 Å². The molecule has 0 bridgehead atoms. The lowest BCUT2D eigenvalue weighted by Crippen LogP contribution is -2.01. The van der Waals surface area contributed by atoms with Crippen LogP contribution in [-0.2, 0) is 0 Å². The summed E-state index contributed by atoms with van der Waals surface area (Å²) < 4.78 is 15.6. The third-order valence-corrected chi connectivity index (χ3v) is 3.80. The maximum atomic E-state index is 10.5. The predicted molar refractivity (Wildman–Crippen MR) is 74.5 cm³/mol. The van der Waals surface area contributed by atoms with E-state index in [0.717, 1.165) is 10.6 Å². The van der Waals surface area contributed by atoms with Gasteiger partial charge in [0.1, 0.15) is 23.4 Å². The number of aliphatic hydroxyl groups is 1. The van der Waals surface area contributed by atoms with Gasteiger partial charge in [0.15, 0.2) is 0 Å². The molecule has 102 valence electrons. The van der Waals surface area contributed by atoms with Crippen LogP contribution >= 0.6 is 11.3 Å². The highest BCUT2D eigenvalue weighted by atomic mass is 32.1. The molecule has 1 aromatic carbocycles. The molecule has 0 fully saturated rings. The summed E-state index contributed by atoms with van der Waals surface area (Å²) in [5, 5.41) is 12.3. The van der Waals surface area contributed by atoms with Crippen LogP contribution in [0.4, 0.5) is 0 Å². The van der Waals surface area contributed by atoms with Crippen molar-refractivity contribution in [3.05, 3.63) is 40.1 Å². The van der Waals surface area contributed by atoms with Crippen LogP contribution in [0, 0.1) is 0 Å². The molecule has 5 heteroatoms. The first-order chi connectivity index (χ1) is 9.19. The van der Waals surface area contributed by atoms with Crippen molar-refractivity contribution < 1.29 is 19.3 Å². The number of aliphatic hydroxyl groups excluding tert-OH is 1. The molecular formula is C14H16O4S. The number of rotatable bonds is 5. The van der Waals surface area contributed by atoms with Gasteiger partial charge in [-0.1, -0.05) is 0 Å². The zero-order chi connectivity index (χ0) is 13.8. The van der Waals surface area contributed by atoms with Crippen molar-refractivity contribution in [2.45, 2.75) is 6.10 Å². The summed E-state index contributed by atoms with van der Waals surface area (Å²) in [5.74, 6) is 2.04. The number of thiophene rings is 1. The lowest BCUT2D eigenvalue weighted by Gasteiger charge is -2.14. The summed E-state index contributed by atoms with van der Waals surface area (Å²) in [7, 11) is 4.77. The van der Waals surface area contributed by atoms with Crippen LogP contribution in [0.5, 0.6) is 17.2 Å². The van der Waals surface area contributed by atoms with Crippen molar-refractivity contribution in [3.63, 3.8) is 0 Å². The van der Waals surface area contributed by atoms with Gasteiger partial charge in [-0.05, 0) is 24.3 Å². The van der Waals surface area contributed by atoms with Crippen molar-refractivity contribution in [1.29, 1.82) is 0 Å². The largest absolute Gasteiger partial charge is 0.497 e. The van der Waals surface area contributed by atoms with Gasteiger partial charge in [-0.15, -0.1) is 11.3 Å². The highest BCUT2D eigenvalue weighted by Crippen LogP contribution is 2.36. The van der Waals surface area contributed by atoms with Crippen LogP contribution < -0.4 is 14.2 Å². The molecule has 0 amide bonds. The zero-order valence-corrected chi connectivity index (χ0v) is 11.9. The van der Waals surface area contributed by atoms with E-state index in [1.165, 1.54) is 11.3 Å². The maximum Gasteiger partial charge on any atom is 0.129 e. The fourth-order valence-corrected chi connectivity index (χ4v) is 2.65. The van der Waals surface area contributed by atoms with Gasteiger partial charge in [-0.2, -0.15) is 0 Å². The fourth-order valence-electron chi connectivity index (χ4n) is 1.79. The molecule has 1 unspecified atom stereocenters. The molecule has 0 saturated carbocycles. The van der Waals surface area contributed by atoms with E-state index in [2.05, 4.69) is 0 Å². The van der Waals surface area contributed by atoms with E-state index in [1.54, 1.807) is 39.5 Å². The van der Waals surface area contributed by atoms with Crippen molar-refractivity contribution in [2.24, 2.45) is 0 Å². The maximum absolute atomic E-state index is 10.5. The molecule has 19 heavy (non-hydrogen) atoms. The van der Waals surface area contributed by atoms with Crippen LogP contribution in [0.25, 0.3) is 0 Å². The Labute approximate surface area is 116 Å². The molecule has 0 aliphatic carbocycles. The second kappa shape index (κ2) is 5.95. The number of hydrogen-bond acceptors (Lipinski definition) is 5. The standard InChI is InChI=1S/C14H16O4S/c1-16-9-4-5-12(18-3)11(6-9)14(15)13-7-10(17-2)8-19-13/h4-8,14-15H,1-3H3. The van der Waals surface area contributed by atoms with Crippen LogP contribution in [0.1, 0.15) is 16.5 Å². The van der Waals surface area contributed by atoms with E-state index in [9.17, 15) is 5.11 Å². The van der Waals surface area contributed by atoms with Crippen LogP contribution in [0.3, 0.4) is 0 Å². The second-order valence-corrected chi connectivity index (χ2v) is 4.84.